The second-order valence-corrected chi connectivity index (χ2v) is 6.19. The molecule has 104 valence electrons. The lowest BCUT2D eigenvalue weighted by atomic mass is 9.89. The standard InChI is InChI=1S/C12H27N3O.HI/c1-11(2,3)9(16-7)8-14-10(13)15-12(4,5)6;/h9H,8H2,1-7H3,(H3,13,14,15);1H. The molecule has 4 nitrogen and oxygen atoms in total. The Hall–Kier alpha value is -0.0400. The lowest BCUT2D eigenvalue weighted by Crippen LogP contribution is -2.45. The Balaban J connectivity index is 0. The summed E-state index contributed by atoms with van der Waals surface area (Å²) in [5.74, 6) is 0.471. The third-order valence-corrected chi connectivity index (χ3v) is 2.18. The molecule has 5 heteroatoms. The molecule has 1 unspecified atom stereocenters. The average molecular weight is 357 g/mol. The van der Waals surface area contributed by atoms with Crippen LogP contribution >= 0.6 is 24.0 Å². The lowest BCUT2D eigenvalue weighted by Gasteiger charge is -2.28. The summed E-state index contributed by atoms with van der Waals surface area (Å²) < 4.78 is 5.40. The van der Waals surface area contributed by atoms with E-state index in [0.29, 0.717) is 12.5 Å². The Morgan fingerprint density at radius 1 is 1.24 bits per heavy atom. The summed E-state index contributed by atoms with van der Waals surface area (Å²) in [6.07, 6.45) is 0.0767. The van der Waals surface area contributed by atoms with Crippen LogP contribution in [0.25, 0.3) is 0 Å². The van der Waals surface area contributed by atoms with Crippen LogP contribution in [0.2, 0.25) is 0 Å². The first-order valence-electron chi connectivity index (χ1n) is 5.67. The maximum atomic E-state index is 5.79. The van der Waals surface area contributed by atoms with Gasteiger partial charge in [-0.2, -0.15) is 0 Å². The Kier molecular flexibility index (Phi) is 8.41. The zero-order chi connectivity index (χ0) is 13.0. The van der Waals surface area contributed by atoms with E-state index in [-0.39, 0.29) is 41.0 Å². The molecule has 0 aliphatic carbocycles. The number of ether oxygens (including phenoxy) is 1. The summed E-state index contributed by atoms with van der Waals surface area (Å²) in [7, 11) is 1.71. The number of halogens is 1. The summed E-state index contributed by atoms with van der Waals surface area (Å²) in [6.45, 7) is 13.1. The molecule has 3 N–H and O–H groups in total. The van der Waals surface area contributed by atoms with Crippen LogP contribution in [0.5, 0.6) is 0 Å². The fourth-order valence-electron chi connectivity index (χ4n) is 1.31. The fraction of sp³-hybridized carbons (Fsp3) is 0.917. The van der Waals surface area contributed by atoms with Gasteiger partial charge in [-0.25, -0.2) is 0 Å². The number of methoxy groups -OCH3 is 1. The molecule has 0 fully saturated rings. The molecular weight excluding hydrogens is 329 g/mol. The van der Waals surface area contributed by atoms with E-state index in [1.807, 2.05) is 20.8 Å². The Labute approximate surface area is 123 Å². The van der Waals surface area contributed by atoms with Crippen molar-refractivity contribution in [1.29, 1.82) is 0 Å². The highest BCUT2D eigenvalue weighted by Gasteiger charge is 2.24. The monoisotopic (exact) mass is 357 g/mol. The number of aliphatic imine (C=N–C) groups is 1. The molecule has 1 atom stereocenters. The van der Waals surface area contributed by atoms with Crippen molar-refractivity contribution in [1.82, 2.24) is 5.32 Å². The highest BCUT2D eigenvalue weighted by molar-refractivity contribution is 14.0. The highest BCUT2D eigenvalue weighted by atomic mass is 127. The molecule has 0 aromatic rings. The van der Waals surface area contributed by atoms with E-state index in [1.54, 1.807) is 7.11 Å². The van der Waals surface area contributed by atoms with E-state index in [1.165, 1.54) is 0 Å². The molecule has 0 heterocycles. The number of guanidine groups is 1. The molecule has 0 saturated carbocycles. The summed E-state index contributed by atoms with van der Waals surface area (Å²) in [5.41, 5.74) is 5.80. The molecular formula is C12H28IN3O. The molecule has 0 rings (SSSR count). The van der Waals surface area contributed by atoms with Gasteiger partial charge in [0.2, 0.25) is 0 Å². The maximum absolute atomic E-state index is 5.79. The van der Waals surface area contributed by atoms with Crippen LogP contribution in [0.15, 0.2) is 4.99 Å². The minimum atomic E-state index is -0.0577. The maximum Gasteiger partial charge on any atom is 0.189 e. The minimum Gasteiger partial charge on any atom is -0.379 e. The van der Waals surface area contributed by atoms with Crippen molar-refractivity contribution in [2.45, 2.75) is 53.2 Å². The number of hydrogen-bond acceptors (Lipinski definition) is 2. The second kappa shape index (κ2) is 7.41. The van der Waals surface area contributed by atoms with Gasteiger partial charge in [0.1, 0.15) is 0 Å². The number of nitrogens with two attached hydrogens (primary N) is 1. The van der Waals surface area contributed by atoms with E-state index in [2.05, 4.69) is 31.1 Å². The second-order valence-electron chi connectivity index (χ2n) is 6.19. The van der Waals surface area contributed by atoms with Crippen LogP contribution in [0.1, 0.15) is 41.5 Å². The van der Waals surface area contributed by atoms with Gasteiger partial charge in [-0.3, -0.25) is 4.99 Å². The van der Waals surface area contributed by atoms with Gasteiger partial charge < -0.3 is 15.8 Å². The molecule has 0 amide bonds. The molecule has 0 spiro atoms. The first-order valence-corrected chi connectivity index (χ1v) is 5.67. The van der Waals surface area contributed by atoms with E-state index in [0.717, 1.165) is 0 Å². The van der Waals surface area contributed by atoms with Gasteiger partial charge >= 0.3 is 0 Å². The largest absolute Gasteiger partial charge is 0.379 e. The minimum absolute atomic E-state index is 0. The van der Waals surface area contributed by atoms with Crippen LogP contribution in [0.4, 0.5) is 0 Å². The van der Waals surface area contributed by atoms with Gasteiger partial charge in [0.15, 0.2) is 5.96 Å². The van der Waals surface area contributed by atoms with Crippen molar-refractivity contribution in [2.75, 3.05) is 13.7 Å². The van der Waals surface area contributed by atoms with Crippen LogP contribution in [0.3, 0.4) is 0 Å². The van der Waals surface area contributed by atoms with Crippen molar-refractivity contribution in [3.8, 4) is 0 Å². The van der Waals surface area contributed by atoms with Crippen molar-refractivity contribution < 1.29 is 4.74 Å². The number of nitrogens with zero attached hydrogens (tertiary/aromatic N) is 1. The van der Waals surface area contributed by atoms with Crippen molar-refractivity contribution in [3.63, 3.8) is 0 Å². The summed E-state index contributed by atoms with van der Waals surface area (Å²) in [5, 5.41) is 3.12. The summed E-state index contributed by atoms with van der Waals surface area (Å²) in [6, 6.07) is 0. The third-order valence-electron chi connectivity index (χ3n) is 2.18. The molecule has 0 radical (unpaired) electrons. The molecule has 0 bridgehead atoms. The van der Waals surface area contributed by atoms with E-state index in [4.69, 9.17) is 10.5 Å². The summed E-state index contributed by atoms with van der Waals surface area (Å²) >= 11 is 0. The van der Waals surface area contributed by atoms with Crippen molar-refractivity contribution in [3.05, 3.63) is 0 Å². The van der Waals surface area contributed by atoms with E-state index < -0.39 is 0 Å². The normalized spacial score (nSPS) is 15.1. The highest BCUT2D eigenvalue weighted by Crippen LogP contribution is 2.21. The average Bonchev–Trinajstić information content (AvgIpc) is 1.98. The summed E-state index contributed by atoms with van der Waals surface area (Å²) in [4.78, 5) is 4.31. The molecule has 0 aliphatic rings. The number of hydrogen-bond donors (Lipinski definition) is 2. The molecule has 17 heavy (non-hydrogen) atoms. The van der Waals surface area contributed by atoms with Crippen molar-refractivity contribution in [2.24, 2.45) is 16.1 Å². The molecule has 0 aromatic carbocycles. The van der Waals surface area contributed by atoms with Gasteiger partial charge in [-0.05, 0) is 26.2 Å². The van der Waals surface area contributed by atoms with E-state index >= 15 is 0 Å². The van der Waals surface area contributed by atoms with Crippen LogP contribution in [-0.4, -0.2) is 31.3 Å². The lowest BCUT2D eigenvalue weighted by molar-refractivity contribution is 0.0241. The first kappa shape index (κ1) is 19.3. The Morgan fingerprint density at radius 2 is 1.71 bits per heavy atom. The quantitative estimate of drug-likeness (QED) is 0.463. The van der Waals surface area contributed by atoms with Crippen LogP contribution in [0, 0.1) is 5.41 Å². The zero-order valence-electron chi connectivity index (χ0n) is 12.1. The molecule has 0 saturated heterocycles. The van der Waals surface area contributed by atoms with Gasteiger partial charge in [-0.15, -0.1) is 24.0 Å². The fourth-order valence-corrected chi connectivity index (χ4v) is 1.31. The first-order chi connectivity index (χ1) is 7.06. The SMILES string of the molecule is COC(CN=C(N)NC(C)(C)C)C(C)(C)C.I. The molecule has 0 aliphatic heterocycles. The van der Waals surface area contributed by atoms with Crippen LogP contribution in [-0.2, 0) is 4.74 Å². The van der Waals surface area contributed by atoms with E-state index in [9.17, 15) is 0 Å². The Bertz CT molecular complexity index is 241. The molecule has 0 aromatic heterocycles. The predicted octanol–water partition coefficient (Wildman–Crippen LogP) is 2.37. The zero-order valence-corrected chi connectivity index (χ0v) is 14.5. The Morgan fingerprint density at radius 3 is 2.00 bits per heavy atom. The predicted molar refractivity (Wildman–Crippen MR) is 85.0 cm³/mol. The van der Waals surface area contributed by atoms with Gasteiger partial charge in [0.05, 0.1) is 12.6 Å². The van der Waals surface area contributed by atoms with Gasteiger partial charge in [-0.1, -0.05) is 20.8 Å². The van der Waals surface area contributed by atoms with Gasteiger partial charge in [0.25, 0.3) is 0 Å². The topological polar surface area (TPSA) is 59.6 Å². The number of nitrogens with one attached hydrogen (secondary N) is 1. The smallest absolute Gasteiger partial charge is 0.189 e. The van der Waals surface area contributed by atoms with Crippen LogP contribution < -0.4 is 11.1 Å². The third kappa shape index (κ3) is 9.64. The van der Waals surface area contributed by atoms with Gasteiger partial charge in [0, 0.05) is 12.6 Å². The van der Waals surface area contributed by atoms with Crippen molar-refractivity contribution >= 4 is 29.9 Å². The number of rotatable bonds is 3.